The van der Waals surface area contributed by atoms with Crippen molar-refractivity contribution < 1.29 is 9.26 Å². The molecule has 0 radical (unpaired) electrons. The number of rotatable bonds is 4. The largest absolute Gasteiger partial charge is 0.489 e. The number of hydrogen-bond acceptors (Lipinski definition) is 3. The van der Waals surface area contributed by atoms with Crippen molar-refractivity contribution >= 4 is 11.0 Å². The average molecular weight is 317 g/mol. The molecule has 4 aromatic rings. The molecule has 118 valence electrons. The molecular weight excluding hydrogens is 302 g/mol. The Bertz CT molecular complexity index is 1010. The number of aromatic nitrogens is 1. The molecular formula is C20H15NO3. The third-order valence-electron chi connectivity index (χ3n) is 3.91. The fourth-order valence-corrected chi connectivity index (χ4v) is 2.63. The van der Waals surface area contributed by atoms with Gasteiger partial charge < -0.3 is 9.26 Å². The molecule has 0 aliphatic carbocycles. The van der Waals surface area contributed by atoms with Gasteiger partial charge in [0, 0.05) is 0 Å². The lowest BCUT2D eigenvalue weighted by Crippen LogP contribution is -1.99. The van der Waals surface area contributed by atoms with Gasteiger partial charge in [0.15, 0.2) is 5.58 Å². The summed E-state index contributed by atoms with van der Waals surface area (Å²) < 4.78 is 10.8. The van der Waals surface area contributed by atoms with E-state index in [4.69, 9.17) is 9.26 Å². The Morgan fingerprint density at radius 3 is 2.42 bits per heavy atom. The molecule has 0 amide bonds. The van der Waals surface area contributed by atoms with Crippen LogP contribution in [0.15, 0.2) is 82.1 Å². The van der Waals surface area contributed by atoms with Crippen LogP contribution in [-0.2, 0) is 6.61 Å². The number of H-pyrrole nitrogens is 1. The van der Waals surface area contributed by atoms with Crippen LogP contribution in [0, 0.1) is 0 Å². The van der Waals surface area contributed by atoms with Crippen molar-refractivity contribution in [2.75, 3.05) is 0 Å². The van der Waals surface area contributed by atoms with Crippen molar-refractivity contribution in [1.82, 2.24) is 5.16 Å². The summed E-state index contributed by atoms with van der Waals surface area (Å²) in [5.41, 5.74) is 3.57. The normalized spacial score (nSPS) is 10.8. The number of hydrogen-bond donors (Lipinski definition) is 1. The van der Waals surface area contributed by atoms with Crippen molar-refractivity contribution in [2.45, 2.75) is 6.61 Å². The number of ether oxygens (including phenoxy) is 1. The van der Waals surface area contributed by atoms with E-state index in [1.54, 1.807) is 12.1 Å². The van der Waals surface area contributed by atoms with Crippen LogP contribution < -0.4 is 10.3 Å². The molecule has 0 bridgehead atoms. The summed E-state index contributed by atoms with van der Waals surface area (Å²) in [5.74, 6) is 0.788. The van der Waals surface area contributed by atoms with E-state index in [9.17, 15) is 4.79 Å². The highest BCUT2D eigenvalue weighted by Crippen LogP contribution is 2.23. The van der Waals surface area contributed by atoms with E-state index in [-0.39, 0.29) is 5.56 Å². The smallest absolute Gasteiger partial charge is 0.287 e. The lowest BCUT2D eigenvalue weighted by molar-refractivity contribution is 0.306. The van der Waals surface area contributed by atoms with Crippen LogP contribution in [0.2, 0.25) is 0 Å². The Balaban J connectivity index is 1.49. The zero-order chi connectivity index (χ0) is 16.4. The predicted octanol–water partition coefficient (Wildman–Crippen LogP) is 4.37. The Morgan fingerprint density at radius 1 is 0.875 bits per heavy atom. The van der Waals surface area contributed by atoms with Crippen LogP contribution in [0.1, 0.15) is 5.56 Å². The third-order valence-corrected chi connectivity index (χ3v) is 3.91. The predicted molar refractivity (Wildman–Crippen MR) is 93.0 cm³/mol. The molecule has 0 saturated carbocycles. The monoisotopic (exact) mass is 317 g/mol. The van der Waals surface area contributed by atoms with Gasteiger partial charge in [-0.25, -0.2) is 0 Å². The zero-order valence-electron chi connectivity index (χ0n) is 12.9. The topological polar surface area (TPSA) is 55.2 Å². The highest BCUT2D eigenvalue weighted by molar-refractivity contribution is 5.76. The third kappa shape index (κ3) is 2.82. The maximum Gasteiger partial charge on any atom is 0.287 e. The van der Waals surface area contributed by atoms with Crippen LogP contribution in [0.4, 0.5) is 0 Å². The van der Waals surface area contributed by atoms with Gasteiger partial charge in [-0.3, -0.25) is 4.79 Å². The second kappa shape index (κ2) is 6.08. The van der Waals surface area contributed by atoms with Crippen molar-refractivity contribution in [2.24, 2.45) is 0 Å². The van der Waals surface area contributed by atoms with E-state index in [2.05, 4.69) is 17.3 Å². The van der Waals surface area contributed by atoms with Gasteiger partial charge >= 0.3 is 0 Å². The van der Waals surface area contributed by atoms with E-state index < -0.39 is 0 Å². The van der Waals surface area contributed by atoms with Gasteiger partial charge in [0.25, 0.3) is 5.56 Å². The second-order valence-electron chi connectivity index (χ2n) is 5.54. The van der Waals surface area contributed by atoms with Gasteiger partial charge in [-0.15, -0.1) is 0 Å². The van der Waals surface area contributed by atoms with Crippen molar-refractivity contribution in [3.63, 3.8) is 0 Å². The maximum atomic E-state index is 11.6. The van der Waals surface area contributed by atoms with Crippen LogP contribution in [-0.4, -0.2) is 5.16 Å². The van der Waals surface area contributed by atoms with Crippen molar-refractivity contribution in [3.05, 3.63) is 88.7 Å². The van der Waals surface area contributed by atoms with Crippen LogP contribution in [0.5, 0.6) is 5.75 Å². The number of aromatic amines is 1. The molecule has 0 aliphatic heterocycles. The number of benzene rings is 3. The summed E-state index contributed by atoms with van der Waals surface area (Å²) in [6.45, 7) is 0.394. The molecule has 4 heteroatoms. The van der Waals surface area contributed by atoms with Crippen LogP contribution in [0.25, 0.3) is 22.1 Å². The van der Waals surface area contributed by atoms with E-state index in [1.807, 2.05) is 48.5 Å². The summed E-state index contributed by atoms with van der Waals surface area (Å²) >= 11 is 0. The fraction of sp³-hybridized carbons (Fsp3) is 0.0500. The molecule has 0 fully saturated rings. The summed E-state index contributed by atoms with van der Waals surface area (Å²) in [5, 5.41) is 2.87. The van der Waals surface area contributed by atoms with Gasteiger partial charge in [-0.2, -0.15) is 5.16 Å². The van der Waals surface area contributed by atoms with Crippen molar-refractivity contribution in [1.29, 1.82) is 0 Å². The quantitative estimate of drug-likeness (QED) is 0.608. The Kier molecular flexibility index (Phi) is 3.63. The maximum absolute atomic E-state index is 11.6. The highest BCUT2D eigenvalue weighted by atomic mass is 16.5. The Morgan fingerprint density at radius 2 is 1.62 bits per heavy atom. The minimum absolute atomic E-state index is 0.223. The van der Waals surface area contributed by atoms with E-state index in [1.165, 1.54) is 5.56 Å². The average Bonchev–Trinajstić information content (AvgIpc) is 3.02. The highest BCUT2D eigenvalue weighted by Gasteiger charge is 2.05. The standard InChI is InChI=1S/C20H15NO3/c22-20-18-12-14(6-11-19(18)24-21-20)13-23-17-9-7-16(8-10-17)15-4-2-1-3-5-15/h1-12H,13H2,(H,21,22). The first kappa shape index (κ1) is 14.3. The van der Waals surface area contributed by atoms with Gasteiger partial charge in [0.2, 0.25) is 0 Å². The SMILES string of the molecule is O=c1[nH]oc2ccc(COc3ccc(-c4ccccc4)cc3)cc12. The summed E-state index contributed by atoms with van der Waals surface area (Å²) in [4.78, 5) is 11.6. The summed E-state index contributed by atoms with van der Waals surface area (Å²) in [6, 6.07) is 23.6. The van der Waals surface area contributed by atoms with Gasteiger partial charge in [-0.1, -0.05) is 48.5 Å². The summed E-state index contributed by atoms with van der Waals surface area (Å²) in [6.07, 6.45) is 0. The van der Waals surface area contributed by atoms with Gasteiger partial charge in [0.1, 0.15) is 12.4 Å². The molecule has 1 heterocycles. The van der Waals surface area contributed by atoms with E-state index in [0.717, 1.165) is 16.9 Å². The minimum Gasteiger partial charge on any atom is -0.489 e. The first-order valence-corrected chi connectivity index (χ1v) is 7.68. The molecule has 4 nitrogen and oxygen atoms in total. The Hall–Kier alpha value is -3.27. The lowest BCUT2D eigenvalue weighted by Gasteiger charge is -2.07. The lowest BCUT2D eigenvalue weighted by atomic mass is 10.1. The zero-order valence-corrected chi connectivity index (χ0v) is 12.9. The molecule has 24 heavy (non-hydrogen) atoms. The second-order valence-corrected chi connectivity index (χ2v) is 5.54. The minimum atomic E-state index is -0.223. The molecule has 1 N–H and O–H groups in total. The van der Waals surface area contributed by atoms with Crippen LogP contribution >= 0.6 is 0 Å². The Labute approximate surface area is 138 Å². The van der Waals surface area contributed by atoms with E-state index in [0.29, 0.717) is 17.6 Å². The van der Waals surface area contributed by atoms with E-state index >= 15 is 0 Å². The fourth-order valence-electron chi connectivity index (χ4n) is 2.63. The molecule has 3 aromatic carbocycles. The molecule has 0 aliphatic rings. The first-order valence-electron chi connectivity index (χ1n) is 7.68. The molecule has 4 rings (SSSR count). The first-order chi connectivity index (χ1) is 11.8. The van der Waals surface area contributed by atoms with Crippen LogP contribution in [0.3, 0.4) is 0 Å². The number of fused-ring (bicyclic) bond motifs is 1. The van der Waals surface area contributed by atoms with Gasteiger partial charge in [0.05, 0.1) is 5.39 Å². The molecule has 0 atom stereocenters. The number of nitrogens with one attached hydrogen (secondary N) is 1. The molecule has 0 saturated heterocycles. The molecule has 1 aromatic heterocycles. The summed E-state index contributed by atoms with van der Waals surface area (Å²) in [7, 11) is 0. The molecule has 0 spiro atoms. The van der Waals surface area contributed by atoms with Crippen molar-refractivity contribution in [3.8, 4) is 16.9 Å². The van der Waals surface area contributed by atoms with Gasteiger partial charge in [-0.05, 0) is 41.0 Å². The molecule has 0 unspecified atom stereocenters.